The van der Waals surface area contributed by atoms with E-state index in [2.05, 4.69) is 27.4 Å². The van der Waals surface area contributed by atoms with Crippen LogP contribution in [0.2, 0.25) is 0 Å². The van der Waals surface area contributed by atoms with Gasteiger partial charge in [-0.2, -0.15) is 0 Å². The summed E-state index contributed by atoms with van der Waals surface area (Å²) in [5.41, 5.74) is 0.0740. The van der Waals surface area contributed by atoms with Gasteiger partial charge in [-0.1, -0.05) is 13.0 Å². The Balaban J connectivity index is 0.00000320. The van der Waals surface area contributed by atoms with Crippen molar-refractivity contribution in [3.05, 3.63) is 29.8 Å². The molecule has 2 N–H and O–H groups in total. The SMILES string of the molecule is CCNC(=NCCN1CCN(CC)CC1)NC1CCN(c2c(F)cccc2F)C1.I. The molecule has 0 aliphatic carbocycles. The van der Waals surface area contributed by atoms with Gasteiger partial charge in [0.25, 0.3) is 0 Å². The van der Waals surface area contributed by atoms with Gasteiger partial charge in [-0.05, 0) is 32.0 Å². The van der Waals surface area contributed by atoms with Gasteiger partial charge in [0.05, 0.1) is 6.54 Å². The van der Waals surface area contributed by atoms with Crippen LogP contribution < -0.4 is 15.5 Å². The van der Waals surface area contributed by atoms with Crippen molar-refractivity contribution in [2.45, 2.75) is 26.3 Å². The average Bonchev–Trinajstić information content (AvgIpc) is 3.16. The molecule has 0 bridgehead atoms. The molecule has 2 fully saturated rings. The molecule has 9 heteroatoms. The van der Waals surface area contributed by atoms with E-state index < -0.39 is 11.6 Å². The summed E-state index contributed by atoms with van der Waals surface area (Å²) >= 11 is 0. The lowest BCUT2D eigenvalue weighted by molar-refractivity contribution is 0.140. The van der Waals surface area contributed by atoms with E-state index in [4.69, 9.17) is 4.99 Å². The van der Waals surface area contributed by atoms with E-state index in [-0.39, 0.29) is 35.7 Å². The van der Waals surface area contributed by atoms with Crippen LogP contribution in [0.1, 0.15) is 20.3 Å². The molecule has 6 nitrogen and oxygen atoms in total. The van der Waals surface area contributed by atoms with Crippen LogP contribution in [0.4, 0.5) is 14.5 Å². The second kappa shape index (κ2) is 12.6. The van der Waals surface area contributed by atoms with Crippen molar-refractivity contribution in [1.29, 1.82) is 0 Å². The first-order valence-corrected chi connectivity index (χ1v) is 10.8. The van der Waals surface area contributed by atoms with Gasteiger partial charge < -0.3 is 20.4 Å². The van der Waals surface area contributed by atoms with Gasteiger partial charge >= 0.3 is 0 Å². The molecular formula is C21H35F2IN6. The Bertz CT molecular complexity index is 661. The third kappa shape index (κ3) is 6.91. The fourth-order valence-electron chi connectivity index (χ4n) is 4.02. The number of para-hydroxylation sites is 1. The molecule has 0 spiro atoms. The molecular weight excluding hydrogens is 501 g/mol. The van der Waals surface area contributed by atoms with Crippen LogP contribution in [-0.2, 0) is 0 Å². The number of hydrogen-bond acceptors (Lipinski definition) is 4. The van der Waals surface area contributed by atoms with Crippen LogP contribution in [-0.4, -0.2) is 87.2 Å². The smallest absolute Gasteiger partial charge is 0.191 e. The highest BCUT2D eigenvalue weighted by molar-refractivity contribution is 14.0. The molecule has 2 saturated heterocycles. The second-order valence-electron chi connectivity index (χ2n) is 7.68. The predicted molar refractivity (Wildman–Crippen MR) is 130 cm³/mol. The molecule has 0 radical (unpaired) electrons. The summed E-state index contributed by atoms with van der Waals surface area (Å²) in [4.78, 5) is 11.4. The van der Waals surface area contributed by atoms with Crippen molar-refractivity contribution < 1.29 is 8.78 Å². The minimum atomic E-state index is -0.505. The van der Waals surface area contributed by atoms with Crippen LogP contribution in [0, 0.1) is 11.6 Å². The maximum atomic E-state index is 14.1. The zero-order valence-corrected chi connectivity index (χ0v) is 20.4. The molecule has 2 aliphatic heterocycles. The molecule has 2 heterocycles. The number of rotatable bonds is 7. The topological polar surface area (TPSA) is 46.1 Å². The normalized spacial score (nSPS) is 20.9. The van der Waals surface area contributed by atoms with Crippen LogP contribution >= 0.6 is 24.0 Å². The van der Waals surface area contributed by atoms with E-state index in [0.717, 1.165) is 64.7 Å². The summed E-state index contributed by atoms with van der Waals surface area (Å²) in [6.45, 7) is 13.5. The zero-order valence-electron chi connectivity index (χ0n) is 18.0. The highest BCUT2D eigenvalue weighted by atomic mass is 127. The van der Waals surface area contributed by atoms with Crippen molar-refractivity contribution in [2.75, 3.05) is 70.3 Å². The maximum Gasteiger partial charge on any atom is 0.191 e. The number of nitrogens with zero attached hydrogens (tertiary/aromatic N) is 4. The lowest BCUT2D eigenvalue weighted by Gasteiger charge is -2.33. The number of piperazine rings is 1. The van der Waals surface area contributed by atoms with E-state index in [1.54, 1.807) is 4.90 Å². The standard InChI is InChI=1S/C21H34F2N6.HI/c1-3-24-21(25-9-11-28-14-12-27(4-2)13-15-28)26-17-8-10-29(16-17)20-18(22)6-5-7-19(20)23;/h5-7,17H,3-4,8-16H2,1-2H3,(H2,24,25,26);1H. The van der Waals surface area contributed by atoms with Crippen LogP contribution in [0.3, 0.4) is 0 Å². The fraction of sp³-hybridized carbons (Fsp3) is 0.667. The van der Waals surface area contributed by atoms with E-state index in [1.807, 2.05) is 6.92 Å². The first-order chi connectivity index (χ1) is 14.1. The molecule has 30 heavy (non-hydrogen) atoms. The fourth-order valence-corrected chi connectivity index (χ4v) is 4.02. The molecule has 1 aromatic rings. The van der Waals surface area contributed by atoms with E-state index >= 15 is 0 Å². The Morgan fingerprint density at radius 3 is 2.37 bits per heavy atom. The molecule has 3 rings (SSSR count). The molecule has 0 aromatic heterocycles. The molecule has 1 atom stereocenters. The lowest BCUT2D eigenvalue weighted by atomic mass is 10.2. The van der Waals surface area contributed by atoms with Gasteiger partial charge in [0, 0.05) is 58.4 Å². The van der Waals surface area contributed by atoms with Crippen LogP contribution in [0.25, 0.3) is 0 Å². The highest BCUT2D eigenvalue weighted by Gasteiger charge is 2.27. The van der Waals surface area contributed by atoms with E-state index in [9.17, 15) is 8.78 Å². The minimum Gasteiger partial charge on any atom is -0.365 e. The molecule has 2 aliphatic rings. The third-order valence-corrected chi connectivity index (χ3v) is 5.73. The number of nitrogens with one attached hydrogen (secondary N) is 2. The van der Waals surface area contributed by atoms with Gasteiger partial charge in [0.1, 0.15) is 17.3 Å². The van der Waals surface area contributed by atoms with Crippen molar-refractivity contribution >= 4 is 35.6 Å². The Morgan fingerprint density at radius 2 is 1.73 bits per heavy atom. The maximum absolute atomic E-state index is 14.1. The first kappa shape index (κ1) is 25.1. The van der Waals surface area contributed by atoms with Crippen LogP contribution in [0.15, 0.2) is 23.2 Å². The predicted octanol–water partition coefficient (Wildman–Crippen LogP) is 2.35. The van der Waals surface area contributed by atoms with Crippen molar-refractivity contribution in [3.63, 3.8) is 0 Å². The lowest BCUT2D eigenvalue weighted by Crippen LogP contribution is -2.47. The first-order valence-electron chi connectivity index (χ1n) is 10.8. The molecule has 1 unspecified atom stereocenters. The Kier molecular flexibility index (Phi) is 10.5. The number of halogens is 3. The number of hydrogen-bond donors (Lipinski definition) is 2. The number of benzene rings is 1. The number of aliphatic imine (C=N–C) groups is 1. The number of guanidine groups is 1. The monoisotopic (exact) mass is 536 g/mol. The minimum absolute atomic E-state index is 0. The van der Waals surface area contributed by atoms with E-state index in [1.165, 1.54) is 18.2 Å². The molecule has 1 aromatic carbocycles. The van der Waals surface area contributed by atoms with Crippen molar-refractivity contribution in [1.82, 2.24) is 20.4 Å². The Morgan fingerprint density at radius 1 is 1.07 bits per heavy atom. The number of likely N-dealkylation sites (N-methyl/N-ethyl adjacent to an activating group) is 1. The molecule has 170 valence electrons. The second-order valence-corrected chi connectivity index (χ2v) is 7.68. The van der Waals surface area contributed by atoms with Gasteiger partial charge in [-0.15, -0.1) is 24.0 Å². The molecule has 0 amide bonds. The summed E-state index contributed by atoms with van der Waals surface area (Å²) < 4.78 is 28.1. The largest absolute Gasteiger partial charge is 0.365 e. The Labute approximate surface area is 196 Å². The highest BCUT2D eigenvalue weighted by Crippen LogP contribution is 2.26. The third-order valence-electron chi connectivity index (χ3n) is 5.73. The quantitative estimate of drug-likeness (QED) is 0.319. The van der Waals surface area contributed by atoms with Crippen LogP contribution in [0.5, 0.6) is 0 Å². The van der Waals surface area contributed by atoms with Gasteiger partial charge in [-0.3, -0.25) is 9.89 Å². The average molecular weight is 536 g/mol. The summed E-state index contributed by atoms with van der Waals surface area (Å²) in [6.07, 6.45) is 0.817. The van der Waals surface area contributed by atoms with Gasteiger partial charge in [0.2, 0.25) is 0 Å². The van der Waals surface area contributed by atoms with Gasteiger partial charge in [-0.25, -0.2) is 8.78 Å². The summed E-state index contributed by atoms with van der Waals surface area (Å²) in [7, 11) is 0. The summed E-state index contributed by atoms with van der Waals surface area (Å²) in [5, 5.41) is 6.72. The summed E-state index contributed by atoms with van der Waals surface area (Å²) in [6, 6.07) is 4.13. The van der Waals surface area contributed by atoms with Crippen molar-refractivity contribution in [2.24, 2.45) is 4.99 Å². The van der Waals surface area contributed by atoms with Crippen molar-refractivity contribution in [3.8, 4) is 0 Å². The number of anilines is 1. The Hall–Kier alpha value is -1.20. The molecule has 0 saturated carbocycles. The zero-order chi connectivity index (χ0) is 20.6. The van der Waals surface area contributed by atoms with Gasteiger partial charge in [0.15, 0.2) is 5.96 Å². The van der Waals surface area contributed by atoms with E-state index in [0.29, 0.717) is 13.1 Å². The summed E-state index contributed by atoms with van der Waals surface area (Å²) in [5.74, 6) is -0.232.